The summed E-state index contributed by atoms with van der Waals surface area (Å²) in [4.78, 5) is 16.6. The summed E-state index contributed by atoms with van der Waals surface area (Å²) in [6, 6.07) is 0.0784. The van der Waals surface area contributed by atoms with Crippen LogP contribution in [-0.4, -0.2) is 61.0 Å². The molecule has 1 N–H and O–H groups in total. The molecule has 1 unspecified atom stereocenters. The fourth-order valence-electron chi connectivity index (χ4n) is 2.62. The SMILES string of the molecule is C=CCN1CCN(C(=O)C2CCCCN2)CC1. The van der Waals surface area contributed by atoms with Crippen molar-refractivity contribution in [2.24, 2.45) is 0 Å². The Balaban J connectivity index is 1.79. The van der Waals surface area contributed by atoms with Gasteiger partial charge in [-0.25, -0.2) is 0 Å². The lowest BCUT2D eigenvalue weighted by Gasteiger charge is -2.36. The Kier molecular flexibility index (Phi) is 4.57. The molecule has 0 aromatic carbocycles. The molecule has 2 fully saturated rings. The summed E-state index contributed by atoms with van der Waals surface area (Å²) in [6.45, 7) is 9.36. The molecular weight excluding hydrogens is 214 g/mol. The van der Waals surface area contributed by atoms with E-state index in [9.17, 15) is 4.79 Å². The summed E-state index contributed by atoms with van der Waals surface area (Å²) in [6.07, 6.45) is 5.32. The molecule has 2 aliphatic heterocycles. The molecule has 17 heavy (non-hydrogen) atoms. The number of hydrogen-bond acceptors (Lipinski definition) is 3. The van der Waals surface area contributed by atoms with E-state index in [4.69, 9.17) is 0 Å². The number of nitrogens with zero attached hydrogens (tertiary/aromatic N) is 2. The van der Waals surface area contributed by atoms with E-state index in [1.807, 2.05) is 11.0 Å². The first-order valence-corrected chi connectivity index (χ1v) is 6.66. The topological polar surface area (TPSA) is 35.6 Å². The number of nitrogens with one attached hydrogen (secondary N) is 1. The molecule has 0 aliphatic carbocycles. The standard InChI is InChI=1S/C13H23N3O/c1-2-7-15-8-10-16(11-9-15)13(17)12-5-3-4-6-14-12/h2,12,14H,1,3-11H2. The Morgan fingerprint density at radius 3 is 2.65 bits per heavy atom. The van der Waals surface area contributed by atoms with Crippen molar-refractivity contribution in [1.29, 1.82) is 0 Å². The third-order valence-electron chi connectivity index (χ3n) is 3.68. The van der Waals surface area contributed by atoms with Gasteiger partial charge in [0.25, 0.3) is 0 Å². The second-order valence-corrected chi connectivity index (χ2v) is 4.92. The zero-order chi connectivity index (χ0) is 12.1. The minimum atomic E-state index is 0.0784. The summed E-state index contributed by atoms with van der Waals surface area (Å²) < 4.78 is 0. The van der Waals surface area contributed by atoms with Crippen LogP contribution >= 0.6 is 0 Å². The first kappa shape index (κ1) is 12.6. The van der Waals surface area contributed by atoms with Crippen molar-refractivity contribution in [2.45, 2.75) is 25.3 Å². The van der Waals surface area contributed by atoms with Crippen LogP contribution in [0.15, 0.2) is 12.7 Å². The van der Waals surface area contributed by atoms with Gasteiger partial charge in [0.1, 0.15) is 0 Å². The predicted molar refractivity (Wildman–Crippen MR) is 68.9 cm³/mol. The molecule has 1 amide bonds. The van der Waals surface area contributed by atoms with Crippen LogP contribution in [0.25, 0.3) is 0 Å². The molecule has 0 radical (unpaired) electrons. The van der Waals surface area contributed by atoms with Crippen LogP contribution in [0.1, 0.15) is 19.3 Å². The third kappa shape index (κ3) is 3.30. The monoisotopic (exact) mass is 237 g/mol. The van der Waals surface area contributed by atoms with Crippen LogP contribution in [-0.2, 0) is 4.79 Å². The second kappa shape index (κ2) is 6.17. The number of piperidine rings is 1. The van der Waals surface area contributed by atoms with Crippen molar-refractivity contribution < 1.29 is 4.79 Å². The minimum Gasteiger partial charge on any atom is -0.339 e. The van der Waals surface area contributed by atoms with Crippen molar-refractivity contribution in [2.75, 3.05) is 39.3 Å². The molecule has 2 heterocycles. The van der Waals surface area contributed by atoms with Gasteiger partial charge in [-0.05, 0) is 19.4 Å². The van der Waals surface area contributed by atoms with E-state index in [0.717, 1.165) is 45.7 Å². The molecular formula is C13H23N3O. The first-order valence-electron chi connectivity index (χ1n) is 6.66. The van der Waals surface area contributed by atoms with Crippen LogP contribution < -0.4 is 5.32 Å². The third-order valence-corrected chi connectivity index (χ3v) is 3.68. The molecule has 96 valence electrons. The number of piperazine rings is 1. The van der Waals surface area contributed by atoms with Gasteiger partial charge >= 0.3 is 0 Å². The van der Waals surface area contributed by atoms with Crippen molar-refractivity contribution in [3.63, 3.8) is 0 Å². The lowest BCUT2D eigenvalue weighted by molar-refractivity contribution is -0.135. The molecule has 0 saturated carbocycles. The zero-order valence-electron chi connectivity index (χ0n) is 10.5. The number of hydrogen-bond donors (Lipinski definition) is 1. The number of rotatable bonds is 3. The fraction of sp³-hybridized carbons (Fsp3) is 0.769. The van der Waals surface area contributed by atoms with E-state index in [1.54, 1.807) is 0 Å². The number of carbonyl (C=O) groups is 1. The molecule has 0 aromatic rings. The molecule has 0 bridgehead atoms. The number of amides is 1. The smallest absolute Gasteiger partial charge is 0.239 e. The second-order valence-electron chi connectivity index (χ2n) is 4.92. The Bertz CT molecular complexity index is 266. The van der Waals surface area contributed by atoms with Crippen LogP contribution in [0.2, 0.25) is 0 Å². The van der Waals surface area contributed by atoms with Gasteiger partial charge in [0.2, 0.25) is 5.91 Å². The average molecular weight is 237 g/mol. The van der Waals surface area contributed by atoms with E-state index < -0.39 is 0 Å². The normalized spacial score (nSPS) is 26.8. The maximum atomic E-state index is 12.2. The molecule has 4 heteroatoms. The molecule has 0 aromatic heterocycles. The summed E-state index contributed by atoms with van der Waals surface area (Å²) in [5.74, 6) is 0.308. The van der Waals surface area contributed by atoms with Crippen LogP contribution in [0, 0.1) is 0 Å². The van der Waals surface area contributed by atoms with Gasteiger partial charge in [-0.1, -0.05) is 12.5 Å². The van der Waals surface area contributed by atoms with Crippen molar-refractivity contribution in [3.05, 3.63) is 12.7 Å². The van der Waals surface area contributed by atoms with Gasteiger partial charge in [-0.15, -0.1) is 6.58 Å². The Morgan fingerprint density at radius 1 is 1.29 bits per heavy atom. The minimum absolute atomic E-state index is 0.0784. The van der Waals surface area contributed by atoms with Crippen molar-refractivity contribution in [3.8, 4) is 0 Å². The van der Waals surface area contributed by atoms with Gasteiger partial charge < -0.3 is 10.2 Å². The van der Waals surface area contributed by atoms with E-state index in [1.165, 1.54) is 12.8 Å². The summed E-state index contributed by atoms with van der Waals surface area (Å²) in [5, 5.41) is 3.33. The van der Waals surface area contributed by atoms with Crippen LogP contribution in [0.3, 0.4) is 0 Å². The first-order chi connectivity index (χ1) is 8.31. The predicted octanol–water partition coefficient (Wildman–Crippen LogP) is 0.459. The molecule has 4 nitrogen and oxygen atoms in total. The number of carbonyl (C=O) groups excluding carboxylic acids is 1. The Morgan fingerprint density at radius 2 is 2.06 bits per heavy atom. The Labute approximate surface area is 104 Å². The largest absolute Gasteiger partial charge is 0.339 e. The van der Waals surface area contributed by atoms with Crippen LogP contribution in [0.4, 0.5) is 0 Å². The van der Waals surface area contributed by atoms with Crippen molar-refractivity contribution in [1.82, 2.24) is 15.1 Å². The van der Waals surface area contributed by atoms with E-state index in [-0.39, 0.29) is 6.04 Å². The molecule has 2 rings (SSSR count). The van der Waals surface area contributed by atoms with Crippen LogP contribution in [0.5, 0.6) is 0 Å². The molecule has 0 spiro atoms. The maximum Gasteiger partial charge on any atom is 0.239 e. The van der Waals surface area contributed by atoms with Gasteiger partial charge in [-0.2, -0.15) is 0 Å². The van der Waals surface area contributed by atoms with E-state index in [0.29, 0.717) is 5.91 Å². The summed E-state index contributed by atoms with van der Waals surface area (Å²) in [7, 11) is 0. The zero-order valence-corrected chi connectivity index (χ0v) is 10.5. The molecule has 1 atom stereocenters. The van der Waals surface area contributed by atoms with Crippen molar-refractivity contribution >= 4 is 5.91 Å². The summed E-state index contributed by atoms with van der Waals surface area (Å²) in [5.41, 5.74) is 0. The maximum absolute atomic E-state index is 12.2. The van der Waals surface area contributed by atoms with E-state index in [2.05, 4.69) is 16.8 Å². The highest BCUT2D eigenvalue weighted by atomic mass is 16.2. The van der Waals surface area contributed by atoms with E-state index >= 15 is 0 Å². The highest BCUT2D eigenvalue weighted by Gasteiger charge is 2.27. The molecule has 2 aliphatic rings. The fourth-order valence-corrected chi connectivity index (χ4v) is 2.62. The lowest BCUT2D eigenvalue weighted by Crippen LogP contribution is -2.54. The lowest BCUT2D eigenvalue weighted by atomic mass is 10.0. The average Bonchev–Trinajstić information content (AvgIpc) is 2.40. The van der Waals surface area contributed by atoms with Gasteiger partial charge in [-0.3, -0.25) is 9.69 Å². The Hall–Kier alpha value is -0.870. The van der Waals surface area contributed by atoms with Gasteiger partial charge in [0, 0.05) is 32.7 Å². The van der Waals surface area contributed by atoms with Gasteiger partial charge in [0.05, 0.1) is 6.04 Å². The highest BCUT2D eigenvalue weighted by molar-refractivity contribution is 5.82. The van der Waals surface area contributed by atoms with Gasteiger partial charge in [0.15, 0.2) is 0 Å². The summed E-state index contributed by atoms with van der Waals surface area (Å²) >= 11 is 0. The molecule has 2 saturated heterocycles. The quantitative estimate of drug-likeness (QED) is 0.724. The highest BCUT2D eigenvalue weighted by Crippen LogP contribution is 2.11.